The second kappa shape index (κ2) is 7.81. The summed E-state index contributed by atoms with van der Waals surface area (Å²) in [6.07, 6.45) is -0.372. The summed E-state index contributed by atoms with van der Waals surface area (Å²) in [4.78, 5) is 14.0. The van der Waals surface area contributed by atoms with Gasteiger partial charge in [-0.2, -0.15) is 0 Å². The van der Waals surface area contributed by atoms with Gasteiger partial charge < -0.3 is 9.47 Å². The van der Waals surface area contributed by atoms with E-state index in [0.717, 1.165) is 5.56 Å². The third-order valence-electron chi connectivity index (χ3n) is 4.47. The van der Waals surface area contributed by atoms with Crippen LogP contribution in [0, 0.1) is 6.92 Å². The van der Waals surface area contributed by atoms with Crippen molar-refractivity contribution in [2.45, 2.75) is 37.5 Å². The van der Waals surface area contributed by atoms with Crippen LogP contribution in [-0.4, -0.2) is 44.3 Å². The van der Waals surface area contributed by atoms with Crippen molar-refractivity contribution in [1.82, 2.24) is 9.62 Å². The molecule has 1 unspecified atom stereocenters. The van der Waals surface area contributed by atoms with Gasteiger partial charge in [0, 0.05) is 0 Å². The minimum absolute atomic E-state index is 0.0355. The molecule has 0 aliphatic carbocycles. The number of sulfonamides is 1. The Labute approximate surface area is 165 Å². The number of carbonyl (C=O) groups is 1. The number of benzene rings is 2. The third-order valence-corrected chi connectivity index (χ3v) is 5.80. The summed E-state index contributed by atoms with van der Waals surface area (Å²) < 4.78 is 38.7. The number of para-hydroxylation sites is 1. The van der Waals surface area contributed by atoms with Crippen LogP contribution in [0.2, 0.25) is 0 Å². The Hall–Kier alpha value is -2.58. The number of amides is 2. The lowest BCUT2D eigenvalue weighted by molar-refractivity contribution is -0.0693. The van der Waals surface area contributed by atoms with Gasteiger partial charge in [0.2, 0.25) is 0 Å². The predicted molar refractivity (Wildman–Crippen MR) is 104 cm³/mol. The summed E-state index contributed by atoms with van der Waals surface area (Å²) in [6, 6.07) is 14.8. The lowest BCUT2D eigenvalue weighted by Crippen LogP contribution is -2.50. The Bertz CT molecular complexity index is 927. The molecule has 1 saturated heterocycles. The van der Waals surface area contributed by atoms with Crippen LogP contribution in [0.5, 0.6) is 5.75 Å². The fourth-order valence-corrected chi connectivity index (χ4v) is 3.95. The highest BCUT2D eigenvalue weighted by Gasteiger charge is 2.43. The molecule has 1 aliphatic heterocycles. The summed E-state index contributed by atoms with van der Waals surface area (Å²) in [5.41, 5.74) is -0.0296. The molecule has 1 heterocycles. The Morgan fingerprint density at radius 3 is 2.46 bits per heavy atom. The van der Waals surface area contributed by atoms with Crippen LogP contribution in [0.25, 0.3) is 0 Å². The largest absolute Gasteiger partial charge is 0.491 e. The molecule has 2 aromatic carbocycles. The minimum Gasteiger partial charge on any atom is -0.491 e. The van der Waals surface area contributed by atoms with E-state index in [1.807, 2.05) is 37.3 Å². The van der Waals surface area contributed by atoms with Crippen LogP contribution in [0.1, 0.15) is 19.4 Å². The first-order chi connectivity index (χ1) is 13.2. The van der Waals surface area contributed by atoms with E-state index in [4.69, 9.17) is 9.47 Å². The molecule has 2 aromatic rings. The van der Waals surface area contributed by atoms with E-state index in [2.05, 4.69) is 4.72 Å². The van der Waals surface area contributed by atoms with Gasteiger partial charge in [-0.1, -0.05) is 35.9 Å². The van der Waals surface area contributed by atoms with E-state index in [-0.39, 0.29) is 24.2 Å². The maximum absolute atomic E-state index is 12.7. The molecule has 0 aromatic heterocycles. The third kappa shape index (κ3) is 4.63. The van der Waals surface area contributed by atoms with Crippen molar-refractivity contribution in [2.75, 3.05) is 13.2 Å². The van der Waals surface area contributed by atoms with Crippen LogP contribution in [0.15, 0.2) is 59.5 Å². The smallest absolute Gasteiger partial charge is 0.333 e. The van der Waals surface area contributed by atoms with Gasteiger partial charge >= 0.3 is 6.03 Å². The van der Waals surface area contributed by atoms with Gasteiger partial charge in [0.25, 0.3) is 10.0 Å². The number of ether oxygens (including phenoxy) is 2. The zero-order chi connectivity index (χ0) is 20.4. The van der Waals surface area contributed by atoms with Crippen LogP contribution in [0.4, 0.5) is 4.79 Å². The molecular weight excluding hydrogens is 380 g/mol. The van der Waals surface area contributed by atoms with E-state index < -0.39 is 21.8 Å². The van der Waals surface area contributed by atoms with E-state index in [1.165, 1.54) is 17.0 Å². The fraction of sp³-hybridized carbons (Fsp3) is 0.350. The summed E-state index contributed by atoms with van der Waals surface area (Å²) in [5.74, 6) is 0.703. The highest BCUT2D eigenvalue weighted by molar-refractivity contribution is 7.90. The SMILES string of the molecule is Cc1ccc(S(=O)(=O)NC(=O)N2CC(COc3ccccc3)OC2(C)C)cc1. The van der Waals surface area contributed by atoms with Crippen molar-refractivity contribution in [3.8, 4) is 5.75 Å². The monoisotopic (exact) mass is 404 g/mol. The highest BCUT2D eigenvalue weighted by atomic mass is 32.2. The average molecular weight is 404 g/mol. The second-order valence-corrected chi connectivity index (χ2v) is 8.83. The molecule has 3 rings (SSSR count). The van der Waals surface area contributed by atoms with E-state index in [9.17, 15) is 13.2 Å². The molecular formula is C20H24N2O5S. The first kappa shape index (κ1) is 20.2. The quantitative estimate of drug-likeness (QED) is 0.828. The molecule has 0 saturated carbocycles. The number of nitrogens with one attached hydrogen (secondary N) is 1. The van der Waals surface area contributed by atoms with Gasteiger partial charge in [0.05, 0.1) is 11.4 Å². The number of aryl methyl sites for hydroxylation is 1. The zero-order valence-electron chi connectivity index (χ0n) is 16.1. The summed E-state index contributed by atoms with van der Waals surface area (Å²) in [7, 11) is -3.96. The summed E-state index contributed by atoms with van der Waals surface area (Å²) in [5, 5.41) is 0. The van der Waals surface area contributed by atoms with Gasteiger partial charge in [-0.3, -0.25) is 4.90 Å². The number of hydrogen-bond donors (Lipinski definition) is 1. The second-order valence-electron chi connectivity index (χ2n) is 7.14. The molecule has 7 nitrogen and oxygen atoms in total. The van der Waals surface area contributed by atoms with Gasteiger partial charge in [0.1, 0.15) is 24.2 Å². The molecule has 8 heteroatoms. The fourth-order valence-electron chi connectivity index (χ4n) is 3.00. The van der Waals surface area contributed by atoms with Gasteiger partial charge in [-0.25, -0.2) is 17.9 Å². The number of hydrogen-bond acceptors (Lipinski definition) is 5. The molecule has 2 amide bonds. The normalized spacial score (nSPS) is 18.7. The van der Waals surface area contributed by atoms with Crippen LogP contribution < -0.4 is 9.46 Å². The van der Waals surface area contributed by atoms with Crippen LogP contribution >= 0.6 is 0 Å². The van der Waals surface area contributed by atoms with Crippen molar-refractivity contribution >= 4 is 16.1 Å². The Morgan fingerprint density at radius 2 is 1.82 bits per heavy atom. The minimum atomic E-state index is -3.96. The Balaban J connectivity index is 1.64. The van der Waals surface area contributed by atoms with Crippen molar-refractivity contribution < 1.29 is 22.7 Å². The van der Waals surface area contributed by atoms with E-state index in [0.29, 0.717) is 5.75 Å². The maximum atomic E-state index is 12.7. The van der Waals surface area contributed by atoms with Gasteiger partial charge in [0.15, 0.2) is 0 Å². The number of carbonyl (C=O) groups excluding carboxylic acids is 1. The summed E-state index contributed by atoms with van der Waals surface area (Å²) in [6.45, 7) is 5.76. The first-order valence-electron chi connectivity index (χ1n) is 8.94. The van der Waals surface area contributed by atoms with E-state index >= 15 is 0 Å². The Morgan fingerprint density at radius 1 is 1.18 bits per heavy atom. The average Bonchev–Trinajstić information content (AvgIpc) is 2.95. The van der Waals surface area contributed by atoms with Gasteiger partial charge in [-0.05, 0) is 45.0 Å². The topological polar surface area (TPSA) is 84.9 Å². The lowest BCUT2D eigenvalue weighted by Gasteiger charge is -2.29. The summed E-state index contributed by atoms with van der Waals surface area (Å²) >= 11 is 0. The molecule has 0 radical (unpaired) electrons. The highest BCUT2D eigenvalue weighted by Crippen LogP contribution is 2.27. The molecule has 1 aliphatic rings. The lowest BCUT2D eigenvalue weighted by atomic mass is 10.2. The standard InChI is InChI=1S/C20H24N2O5S/c1-15-9-11-18(12-10-15)28(24,25)21-19(23)22-13-17(27-20(22,2)3)14-26-16-7-5-4-6-8-16/h4-12,17H,13-14H2,1-3H3,(H,21,23). The maximum Gasteiger partial charge on any atom is 0.333 e. The molecule has 28 heavy (non-hydrogen) atoms. The molecule has 0 bridgehead atoms. The van der Waals surface area contributed by atoms with Crippen molar-refractivity contribution in [3.63, 3.8) is 0 Å². The van der Waals surface area contributed by atoms with Crippen molar-refractivity contribution in [2.24, 2.45) is 0 Å². The van der Waals surface area contributed by atoms with E-state index in [1.54, 1.807) is 26.0 Å². The number of urea groups is 1. The van der Waals surface area contributed by atoms with Crippen LogP contribution in [0.3, 0.4) is 0 Å². The predicted octanol–water partition coefficient (Wildman–Crippen LogP) is 2.91. The van der Waals surface area contributed by atoms with Crippen molar-refractivity contribution in [3.05, 3.63) is 60.2 Å². The number of rotatable bonds is 5. The molecule has 1 atom stereocenters. The van der Waals surface area contributed by atoms with Crippen molar-refractivity contribution in [1.29, 1.82) is 0 Å². The molecule has 0 spiro atoms. The Kier molecular flexibility index (Phi) is 5.62. The molecule has 1 N–H and O–H groups in total. The molecule has 150 valence electrons. The van der Waals surface area contributed by atoms with Gasteiger partial charge in [-0.15, -0.1) is 0 Å². The molecule has 1 fully saturated rings. The first-order valence-corrected chi connectivity index (χ1v) is 10.4. The number of nitrogens with zero attached hydrogens (tertiary/aromatic N) is 1. The zero-order valence-corrected chi connectivity index (χ0v) is 16.9. The van der Waals surface area contributed by atoms with Crippen LogP contribution in [-0.2, 0) is 14.8 Å².